The van der Waals surface area contributed by atoms with E-state index in [1.54, 1.807) is 45.0 Å². The van der Waals surface area contributed by atoms with E-state index in [1.807, 2.05) is 0 Å². The molecule has 2 atom stereocenters. The van der Waals surface area contributed by atoms with Crippen LogP contribution in [0.15, 0.2) is 29.1 Å². The molecule has 1 aromatic heterocycles. The first kappa shape index (κ1) is 21.6. The number of halogens is 1. The molecule has 0 radical (unpaired) electrons. The number of ether oxygens (including phenoxy) is 1. The second kappa shape index (κ2) is 8.33. The first-order chi connectivity index (χ1) is 14.1. The Morgan fingerprint density at radius 2 is 2.00 bits per heavy atom. The number of hydrogen-bond donors (Lipinski definition) is 1. The van der Waals surface area contributed by atoms with Crippen molar-refractivity contribution in [1.82, 2.24) is 14.9 Å². The highest BCUT2D eigenvalue weighted by Gasteiger charge is 2.34. The number of fused-ring (bicyclic) bond motifs is 2. The Labute approximate surface area is 172 Å². The molecule has 2 aromatic rings. The number of para-hydroxylation sites is 1. The molecule has 2 heterocycles. The second-order valence-electron chi connectivity index (χ2n) is 8.23. The number of ketones is 1. The van der Waals surface area contributed by atoms with E-state index < -0.39 is 48.4 Å². The van der Waals surface area contributed by atoms with Crippen molar-refractivity contribution in [2.75, 3.05) is 6.67 Å². The predicted octanol–water partition coefficient (Wildman–Crippen LogP) is 1.64. The Balaban J connectivity index is 1.83. The normalized spacial score (nSPS) is 16.7. The number of carbonyl (C=O) groups is 3. The number of carbonyl (C=O) groups excluding carboxylic acids is 3. The van der Waals surface area contributed by atoms with Gasteiger partial charge in [-0.1, -0.05) is 12.1 Å². The molecule has 0 saturated heterocycles. The van der Waals surface area contributed by atoms with Gasteiger partial charge in [-0.25, -0.2) is 9.37 Å². The van der Waals surface area contributed by atoms with E-state index in [2.05, 4.69) is 10.3 Å². The van der Waals surface area contributed by atoms with Gasteiger partial charge >= 0.3 is 5.97 Å². The number of benzene rings is 1. The Morgan fingerprint density at radius 1 is 1.30 bits per heavy atom. The number of Topliss-reactive ketones (excluding diaryl/α,β-unsaturated/α-hetero) is 1. The zero-order valence-corrected chi connectivity index (χ0v) is 17.1. The number of alkyl halides is 1. The van der Waals surface area contributed by atoms with Crippen LogP contribution < -0.4 is 10.9 Å². The fourth-order valence-corrected chi connectivity index (χ4v) is 3.49. The van der Waals surface area contributed by atoms with Crippen molar-refractivity contribution in [1.29, 1.82) is 0 Å². The number of amides is 1. The third-order valence-electron chi connectivity index (χ3n) is 4.76. The first-order valence-electron chi connectivity index (χ1n) is 9.72. The van der Waals surface area contributed by atoms with Gasteiger partial charge < -0.3 is 10.1 Å². The molecule has 9 heteroatoms. The molecular weight excluding hydrogens is 393 g/mol. The number of aryl methyl sites for hydroxylation is 1. The Kier molecular flexibility index (Phi) is 6.00. The van der Waals surface area contributed by atoms with Gasteiger partial charge in [0.15, 0.2) is 5.78 Å². The molecule has 1 amide bonds. The minimum atomic E-state index is -1.37. The second-order valence-corrected chi connectivity index (χ2v) is 8.23. The van der Waals surface area contributed by atoms with E-state index in [4.69, 9.17) is 4.74 Å². The van der Waals surface area contributed by atoms with Crippen LogP contribution in [0.4, 0.5) is 4.39 Å². The summed E-state index contributed by atoms with van der Waals surface area (Å²) in [6.07, 6.45) is 0.232. The van der Waals surface area contributed by atoms with E-state index in [9.17, 15) is 23.6 Å². The van der Waals surface area contributed by atoms with Crippen LogP contribution in [0.1, 0.15) is 45.5 Å². The molecular formula is C21H24FN3O5. The standard InChI is InChI=1S/C21H24FN3O5/c1-21(2,3)30-18(27)10-14(16(26)11-22)24-19(28)15-8-9-17-23-13-7-5-4-6-12(13)20(29)25(15)17/h4-7,14-15H,8-11H2,1-3H3,(H,24,28)/t14?,15-/m0/s1. The molecule has 0 aliphatic carbocycles. The lowest BCUT2D eigenvalue weighted by molar-refractivity contribution is -0.156. The zero-order chi connectivity index (χ0) is 22.1. The predicted molar refractivity (Wildman–Crippen MR) is 107 cm³/mol. The molecule has 30 heavy (non-hydrogen) atoms. The van der Waals surface area contributed by atoms with Crippen LogP contribution in [0, 0.1) is 0 Å². The van der Waals surface area contributed by atoms with Crippen LogP contribution in [0.5, 0.6) is 0 Å². The lowest BCUT2D eigenvalue weighted by atomic mass is 10.1. The summed E-state index contributed by atoms with van der Waals surface area (Å²) in [6, 6.07) is 4.57. The van der Waals surface area contributed by atoms with Gasteiger partial charge in [0, 0.05) is 6.42 Å². The largest absolute Gasteiger partial charge is 0.460 e. The SMILES string of the molecule is CC(C)(C)OC(=O)CC(NC(=O)[C@@H]1CCc2nc3ccccc3c(=O)n21)C(=O)CF. The Morgan fingerprint density at radius 3 is 2.67 bits per heavy atom. The first-order valence-corrected chi connectivity index (χ1v) is 9.72. The molecule has 0 spiro atoms. The smallest absolute Gasteiger partial charge is 0.308 e. The maximum absolute atomic E-state index is 13.0. The van der Waals surface area contributed by atoms with Crippen molar-refractivity contribution < 1.29 is 23.5 Å². The molecule has 160 valence electrons. The maximum atomic E-state index is 13.0. The summed E-state index contributed by atoms with van der Waals surface area (Å²) >= 11 is 0. The van der Waals surface area contributed by atoms with E-state index in [1.165, 1.54) is 4.57 Å². The summed E-state index contributed by atoms with van der Waals surface area (Å²) in [5.41, 5.74) is -0.589. The van der Waals surface area contributed by atoms with Crippen molar-refractivity contribution in [3.63, 3.8) is 0 Å². The third kappa shape index (κ3) is 4.55. The van der Waals surface area contributed by atoms with E-state index in [0.29, 0.717) is 29.6 Å². The van der Waals surface area contributed by atoms with Gasteiger partial charge in [-0.15, -0.1) is 0 Å². The van der Waals surface area contributed by atoms with Crippen molar-refractivity contribution >= 4 is 28.6 Å². The van der Waals surface area contributed by atoms with E-state index in [-0.39, 0.29) is 5.56 Å². The van der Waals surface area contributed by atoms with Crippen LogP contribution in [-0.4, -0.2) is 45.5 Å². The summed E-state index contributed by atoms with van der Waals surface area (Å²) in [6.45, 7) is 3.65. The molecule has 0 bridgehead atoms. The van der Waals surface area contributed by atoms with Gasteiger partial charge in [0.1, 0.15) is 30.2 Å². The summed E-state index contributed by atoms with van der Waals surface area (Å²) < 4.78 is 19.5. The highest BCUT2D eigenvalue weighted by atomic mass is 19.1. The van der Waals surface area contributed by atoms with E-state index >= 15 is 0 Å². The molecule has 1 N–H and O–H groups in total. The highest BCUT2D eigenvalue weighted by molar-refractivity contribution is 5.94. The third-order valence-corrected chi connectivity index (χ3v) is 4.76. The van der Waals surface area contributed by atoms with Crippen molar-refractivity contribution in [2.45, 2.75) is 57.7 Å². The number of aromatic nitrogens is 2. The van der Waals surface area contributed by atoms with E-state index in [0.717, 1.165) is 0 Å². The zero-order valence-electron chi connectivity index (χ0n) is 17.1. The topological polar surface area (TPSA) is 107 Å². The Hall–Kier alpha value is -3.10. The lowest BCUT2D eigenvalue weighted by Crippen LogP contribution is -2.47. The quantitative estimate of drug-likeness (QED) is 0.716. The van der Waals surface area contributed by atoms with Crippen LogP contribution in [0.25, 0.3) is 10.9 Å². The molecule has 1 unspecified atom stereocenters. The maximum Gasteiger partial charge on any atom is 0.308 e. The lowest BCUT2D eigenvalue weighted by Gasteiger charge is -2.23. The minimum Gasteiger partial charge on any atom is -0.460 e. The fourth-order valence-electron chi connectivity index (χ4n) is 3.49. The number of rotatable bonds is 6. The average molecular weight is 417 g/mol. The molecule has 1 aliphatic rings. The molecule has 0 saturated carbocycles. The highest BCUT2D eigenvalue weighted by Crippen LogP contribution is 2.24. The van der Waals surface area contributed by atoms with Crippen molar-refractivity contribution in [2.24, 2.45) is 0 Å². The molecule has 8 nitrogen and oxygen atoms in total. The monoisotopic (exact) mass is 417 g/mol. The molecule has 1 aliphatic heterocycles. The van der Waals surface area contributed by atoms with Crippen LogP contribution in [-0.2, 0) is 25.5 Å². The average Bonchev–Trinajstić information content (AvgIpc) is 3.09. The summed E-state index contributed by atoms with van der Waals surface area (Å²) in [7, 11) is 0. The van der Waals surface area contributed by atoms with Gasteiger partial charge in [-0.3, -0.25) is 23.7 Å². The van der Waals surface area contributed by atoms with Gasteiger partial charge in [0.25, 0.3) is 5.56 Å². The number of nitrogens with zero attached hydrogens (tertiary/aromatic N) is 2. The van der Waals surface area contributed by atoms with Crippen LogP contribution >= 0.6 is 0 Å². The fraction of sp³-hybridized carbons (Fsp3) is 0.476. The van der Waals surface area contributed by atoms with Crippen molar-refractivity contribution in [3.8, 4) is 0 Å². The van der Waals surface area contributed by atoms with Gasteiger partial charge in [0.05, 0.1) is 17.3 Å². The molecule has 3 rings (SSSR count). The van der Waals surface area contributed by atoms with Gasteiger partial charge in [0.2, 0.25) is 5.91 Å². The molecule has 0 fully saturated rings. The van der Waals surface area contributed by atoms with Crippen molar-refractivity contribution in [3.05, 3.63) is 40.4 Å². The van der Waals surface area contributed by atoms with Gasteiger partial charge in [-0.05, 0) is 39.3 Å². The Bertz CT molecular complexity index is 1060. The summed E-state index contributed by atoms with van der Waals surface area (Å²) in [5.74, 6) is -1.83. The van der Waals surface area contributed by atoms with Crippen LogP contribution in [0.3, 0.4) is 0 Å². The minimum absolute atomic E-state index is 0.313. The van der Waals surface area contributed by atoms with Gasteiger partial charge in [-0.2, -0.15) is 0 Å². The number of nitrogens with one attached hydrogen (secondary N) is 1. The summed E-state index contributed by atoms with van der Waals surface area (Å²) in [4.78, 5) is 54.3. The number of hydrogen-bond acceptors (Lipinski definition) is 6. The number of esters is 1. The molecule has 1 aromatic carbocycles. The summed E-state index contributed by atoms with van der Waals surface area (Å²) in [5, 5.41) is 2.81. The van der Waals surface area contributed by atoms with Crippen LogP contribution in [0.2, 0.25) is 0 Å².